The first kappa shape index (κ1) is 15.5. The van der Waals surface area contributed by atoms with Crippen LogP contribution in [0.2, 0.25) is 0 Å². The Morgan fingerprint density at radius 3 is 2.92 bits per heavy atom. The van der Waals surface area contributed by atoms with E-state index < -0.39 is 0 Å². The molecule has 1 aliphatic heterocycles. The first-order chi connectivity index (χ1) is 11.7. The third kappa shape index (κ3) is 2.98. The fourth-order valence-electron chi connectivity index (χ4n) is 3.15. The predicted molar refractivity (Wildman–Crippen MR) is 93.7 cm³/mol. The number of anilines is 1. The summed E-state index contributed by atoms with van der Waals surface area (Å²) in [6.45, 7) is 3.91. The zero-order chi connectivity index (χ0) is 16.5. The third-order valence-corrected chi connectivity index (χ3v) is 5.06. The Morgan fingerprint density at radius 2 is 2.04 bits per heavy atom. The van der Waals surface area contributed by atoms with Crippen LogP contribution in [0.1, 0.15) is 30.3 Å². The molecule has 6 nitrogen and oxygen atoms in total. The molecule has 4 rings (SSSR count). The Labute approximate surface area is 149 Å². The second kappa shape index (κ2) is 6.44. The van der Waals surface area contributed by atoms with Gasteiger partial charge >= 0.3 is 149 Å². The van der Waals surface area contributed by atoms with Crippen LogP contribution in [0.4, 0.5) is 5.82 Å². The summed E-state index contributed by atoms with van der Waals surface area (Å²) in [5.41, 5.74) is 2.75. The molecule has 7 heteroatoms. The van der Waals surface area contributed by atoms with Crippen LogP contribution in [0.25, 0.3) is 11.0 Å². The predicted octanol–water partition coefficient (Wildman–Crippen LogP) is 1.30. The first-order valence-electron chi connectivity index (χ1n) is 8.06. The molecule has 1 unspecified atom stereocenters. The van der Waals surface area contributed by atoms with E-state index in [-0.39, 0.29) is 0 Å². The number of rotatable bonds is 2. The summed E-state index contributed by atoms with van der Waals surface area (Å²) >= 11 is 2.47. The van der Waals surface area contributed by atoms with E-state index in [0.717, 1.165) is 58.8 Å². The van der Waals surface area contributed by atoms with Crippen molar-refractivity contribution >= 4 is 38.2 Å². The van der Waals surface area contributed by atoms with Gasteiger partial charge in [-0.15, -0.1) is 0 Å². The molecule has 0 amide bonds. The Balaban J connectivity index is 1.63. The Kier molecular flexibility index (Phi) is 4.15. The molecule has 0 N–H and O–H groups in total. The van der Waals surface area contributed by atoms with E-state index in [1.807, 2.05) is 31.3 Å². The van der Waals surface area contributed by atoms with Crippen molar-refractivity contribution in [3.8, 4) is 0 Å². The van der Waals surface area contributed by atoms with Crippen molar-refractivity contribution in [1.29, 1.82) is 0 Å². The van der Waals surface area contributed by atoms with Gasteiger partial charge in [-0.3, -0.25) is 0 Å². The van der Waals surface area contributed by atoms with Gasteiger partial charge in [0.25, 0.3) is 0 Å². The molecule has 0 bridgehead atoms. The van der Waals surface area contributed by atoms with Gasteiger partial charge in [0.15, 0.2) is 0 Å². The standard InChI is InChI=1S/C17H17AsN6/c1-11-6-7-19-17(22-11)12-3-2-8-24(9-12)14-5-4-13-15(23-14)16(18)21-10-20-13/h4-7,10,12H,2-3,8-9H2,1H3. The fourth-order valence-corrected chi connectivity index (χ4v) is 3.61. The first-order valence-corrected chi connectivity index (χ1v) is 9.00. The van der Waals surface area contributed by atoms with E-state index >= 15 is 0 Å². The monoisotopic (exact) mass is 380 g/mol. The van der Waals surface area contributed by atoms with Gasteiger partial charge in [0.05, 0.1) is 0 Å². The van der Waals surface area contributed by atoms with Gasteiger partial charge in [0, 0.05) is 0 Å². The second-order valence-corrected chi connectivity index (χ2v) is 6.96. The van der Waals surface area contributed by atoms with Gasteiger partial charge in [-0.1, -0.05) is 0 Å². The fraction of sp³-hybridized carbons (Fsp3) is 0.353. The molecule has 0 spiro atoms. The molecule has 0 aliphatic carbocycles. The summed E-state index contributed by atoms with van der Waals surface area (Å²) in [5.74, 6) is 2.26. The molecular weight excluding hydrogens is 363 g/mol. The van der Waals surface area contributed by atoms with Crippen LogP contribution < -0.4 is 9.38 Å². The number of nitrogens with zero attached hydrogens (tertiary/aromatic N) is 6. The molecule has 1 saturated heterocycles. The van der Waals surface area contributed by atoms with Crippen LogP contribution in [0.3, 0.4) is 0 Å². The molecule has 120 valence electrons. The Morgan fingerprint density at radius 1 is 1.12 bits per heavy atom. The van der Waals surface area contributed by atoms with Crippen LogP contribution in [-0.4, -0.2) is 54.9 Å². The number of pyridine rings is 1. The van der Waals surface area contributed by atoms with Crippen LogP contribution in [0.15, 0.2) is 30.7 Å². The SMILES string of the molecule is Cc1ccnc(C2CCCN(c3ccc4ncnc([As])c4n3)C2)n1. The number of hydrogen-bond acceptors (Lipinski definition) is 6. The second-order valence-electron chi connectivity index (χ2n) is 6.08. The van der Waals surface area contributed by atoms with Crippen molar-refractivity contribution in [2.24, 2.45) is 0 Å². The number of fused-ring (bicyclic) bond motifs is 1. The molecule has 3 aromatic heterocycles. The van der Waals surface area contributed by atoms with E-state index in [9.17, 15) is 0 Å². The van der Waals surface area contributed by atoms with Gasteiger partial charge < -0.3 is 0 Å². The minimum atomic E-state index is 0.347. The molecular formula is C17H17AsN6. The quantitative estimate of drug-likeness (QED) is 0.625. The van der Waals surface area contributed by atoms with E-state index in [1.54, 1.807) is 6.33 Å². The van der Waals surface area contributed by atoms with Crippen molar-refractivity contribution in [1.82, 2.24) is 24.9 Å². The molecule has 24 heavy (non-hydrogen) atoms. The molecule has 2 radical (unpaired) electrons. The van der Waals surface area contributed by atoms with Crippen molar-refractivity contribution in [3.05, 3.63) is 42.2 Å². The van der Waals surface area contributed by atoms with Gasteiger partial charge in [-0.05, 0) is 0 Å². The molecule has 1 fully saturated rings. The summed E-state index contributed by atoms with van der Waals surface area (Å²) in [7, 11) is 0. The number of aromatic nitrogens is 5. The third-order valence-electron chi connectivity index (χ3n) is 4.37. The van der Waals surface area contributed by atoms with Crippen LogP contribution in [0.5, 0.6) is 0 Å². The molecule has 4 heterocycles. The molecule has 0 aromatic carbocycles. The average Bonchev–Trinajstić information content (AvgIpc) is 2.62. The van der Waals surface area contributed by atoms with Crippen LogP contribution in [0, 0.1) is 6.92 Å². The molecule has 3 aromatic rings. The van der Waals surface area contributed by atoms with Crippen molar-refractivity contribution in [2.75, 3.05) is 18.0 Å². The van der Waals surface area contributed by atoms with Crippen molar-refractivity contribution in [3.63, 3.8) is 0 Å². The van der Waals surface area contributed by atoms with E-state index in [0.29, 0.717) is 5.92 Å². The summed E-state index contributed by atoms with van der Waals surface area (Å²) < 4.78 is 0.852. The normalized spacial score (nSPS) is 18.1. The number of piperidine rings is 1. The molecule has 1 aliphatic rings. The van der Waals surface area contributed by atoms with Crippen molar-refractivity contribution < 1.29 is 0 Å². The number of hydrogen-bond donors (Lipinski definition) is 0. The summed E-state index contributed by atoms with van der Waals surface area (Å²) in [4.78, 5) is 24.7. The zero-order valence-corrected chi connectivity index (χ0v) is 15.3. The minimum absolute atomic E-state index is 0.347. The summed E-state index contributed by atoms with van der Waals surface area (Å²) in [6, 6.07) is 6.00. The Hall–Kier alpha value is -2.07. The van der Waals surface area contributed by atoms with Gasteiger partial charge in [0.1, 0.15) is 0 Å². The maximum atomic E-state index is 4.79. The average molecular weight is 380 g/mol. The Bertz CT molecular complexity index is 884. The van der Waals surface area contributed by atoms with E-state index in [2.05, 4.69) is 41.7 Å². The summed E-state index contributed by atoms with van der Waals surface area (Å²) in [6.07, 6.45) is 5.65. The summed E-state index contributed by atoms with van der Waals surface area (Å²) in [5, 5.41) is 0. The molecule has 0 saturated carbocycles. The van der Waals surface area contributed by atoms with E-state index in [4.69, 9.17) is 4.98 Å². The maximum absolute atomic E-state index is 4.79. The van der Waals surface area contributed by atoms with Crippen molar-refractivity contribution in [2.45, 2.75) is 25.7 Å². The van der Waals surface area contributed by atoms with E-state index in [1.165, 1.54) is 0 Å². The zero-order valence-electron chi connectivity index (χ0n) is 13.4. The van der Waals surface area contributed by atoms with Gasteiger partial charge in [-0.25, -0.2) is 0 Å². The van der Waals surface area contributed by atoms with Crippen LogP contribution in [-0.2, 0) is 0 Å². The molecule has 1 atom stereocenters. The van der Waals surface area contributed by atoms with Crippen LogP contribution >= 0.6 is 0 Å². The van der Waals surface area contributed by atoms with Gasteiger partial charge in [0.2, 0.25) is 0 Å². The van der Waals surface area contributed by atoms with Gasteiger partial charge in [-0.2, -0.15) is 0 Å². The topological polar surface area (TPSA) is 67.7 Å². The number of aryl methyl sites for hydroxylation is 1.